The second kappa shape index (κ2) is 6.83. The molecule has 0 atom stereocenters. The number of hydrogen-bond donors (Lipinski definition) is 1. The molecule has 1 nitrogen and oxygen atoms in total. The van der Waals surface area contributed by atoms with Gasteiger partial charge in [0.1, 0.15) is 0 Å². The first-order valence-electron chi connectivity index (χ1n) is 4.88. The lowest BCUT2D eigenvalue weighted by Crippen LogP contribution is -2.13. The third-order valence-electron chi connectivity index (χ3n) is 1.97. The number of thiophene rings is 1. The maximum absolute atomic E-state index is 5.94. The first-order valence-corrected chi connectivity index (χ1v) is 6.87. The summed E-state index contributed by atoms with van der Waals surface area (Å²) >= 11 is 11.1. The molecule has 0 amide bonds. The first kappa shape index (κ1) is 12.5. The van der Waals surface area contributed by atoms with Gasteiger partial charge in [0.2, 0.25) is 0 Å². The fraction of sp³-hybridized carbons (Fsp3) is 0.600. The molecule has 1 aromatic heterocycles. The maximum Gasteiger partial charge on any atom is 0.0887 e. The largest absolute Gasteiger partial charge is 0.317 e. The van der Waals surface area contributed by atoms with Gasteiger partial charge in [-0.05, 0) is 54.3 Å². The van der Waals surface area contributed by atoms with Crippen LogP contribution in [-0.2, 0) is 6.42 Å². The van der Waals surface area contributed by atoms with E-state index in [2.05, 4.69) is 34.2 Å². The minimum Gasteiger partial charge on any atom is -0.317 e. The summed E-state index contributed by atoms with van der Waals surface area (Å²) in [5.74, 6) is 0. The Labute approximate surface area is 103 Å². The molecule has 0 spiro atoms. The van der Waals surface area contributed by atoms with Gasteiger partial charge in [-0.25, -0.2) is 0 Å². The highest BCUT2D eigenvalue weighted by atomic mass is 79.9. The van der Waals surface area contributed by atoms with Gasteiger partial charge in [-0.2, -0.15) is 0 Å². The molecule has 1 heterocycles. The average molecular weight is 297 g/mol. The zero-order chi connectivity index (χ0) is 10.4. The van der Waals surface area contributed by atoms with E-state index in [1.165, 1.54) is 17.7 Å². The second-order valence-corrected chi connectivity index (χ2v) is 6.01. The van der Waals surface area contributed by atoms with Crippen molar-refractivity contribution in [2.24, 2.45) is 0 Å². The molecule has 0 bridgehead atoms. The van der Waals surface area contributed by atoms with Crippen LogP contribution in [0.1, 0.15) is 24.6 Å². The van der Waals surface area contributed by atoms with Crippen molar-refractivity contribution < 1.29 is 0 Å². The lowest BCUT2D eigenvalue weighted by atomic mass is 10.2. The molecule has 0 radical (unpaired) electrons. The molecule has 1 aromatic rings. The van der Waals surface area contributed by atoms with Crippen molar-refractivity contribution in [2.45, 2.75) is 26.2 Å². The second-order valence-electron chi connectivity index (χ2n) is 3.15. The van der Waals surface area contributed by atoms with E-state index in [1.54, 1.807) is 11.3 Å². The van der Waals surface area contributed by atoms with Gasteiger partial charge < -0.3 is 5.32 Å². The smallest absolute Gasteiger partial charge is 0.0887 e. The van der Waals surface area contributed by atoms with Crippen LogP contribution in [0.25, 0.3) is 0 Å². The summed E-state index contributed by atoms with van der Waals surface area (Å²) in [4.78, 5) is 1.37. The van der Waals surface area contributed by atoms with E-state index >= 15 is 0 Å². The highest BCUT2D eigenvalue weighted by molar-refractivity contribution is 9.11. The topological polar surface area (TPSA) is 12.0 Å². The molecule has 80 valence electrons. The van der Waals surface area contributed by atoms with E-state index in [9.17, 15) is 0 Å². The molecule has 0 fully saturated rings. The van der Waals surface area contributed by atoms with Gasteiger partial charge >= 0.3 is 0 Å². The van der Waals surface area contributed by atoms with Crippen LogP contribution in [0.15, 0.2) is 9.85 Å². The lowest BCUT2D eigenvalue weighted by molar-refractivity contribution is 0.643. The first-order chi connectivity index (χ1) is 6.74. The van der Waals surface area contributed by atoms with E-state index in [4.69, 9.17) is 11.6 Å². The van der Waals surface area contributed by atoms with Crippen LogP contribution < -0.4 is 5.32 Å². The molecular weight excluding hydrogens is 282 g/mol. The third-order valence-corrected chi connectivity index (χ3v) is 4.51. The molecule has 0 aliphatic carbocycles. The summed E-state index contributed by atoms with van der Waals surface area (Å²) in [7, 11) is 0. The lowest BCUT2D eigenvalue weighted by Gasteiger charge is -1.99. The SMILES string of the molecule is CCNCCCCc1cc(Cl)c(Br)s1. The van der Waals surface area contributed by atoms with Crippen LogP contribution in [0.4, 0.5) is 0 Å². The minimum absolute atomic E-state index is 0.844. The number of aryl methyl sites for hydroxylation is 1. The van der Waals surface area contributed by atoms with Gasteiger partial charge in [-0.1, -0.05) is 18.5 Å². The van der Waals surface area contributed by atoms with Gasteiger partial charge in [0.05, 0.1) is 8.81 Å². The fourth-order valence-electron chi connectivity index (χ4n) is 1.24. The summed E-state index contributed by atoms with van der Waals surface area (Å²) in [6.07, 6.45) is 3.61. The van der Waals surface area contributed by atoms with Crippen molar-refractivity contribution in [3.8, 4) is 0 Å². The van der Waals surface area contributed by atoms with Crippen molar-refractivity contribution in [1.29, 1.82) is 0 Å². The highest BCUT2D eigenvalue weighted by Gasteiger charge is 2.03. The van der Waals surface area contributed by atoms with Gasteiger partial charge in [-0.3, -0.25) is 0 Å². The zero-order valence-corrected chi connectivity index (χ0v) is 11.4. The van der Waals surface area contributed by atoms with Crippen molar-refractivity contribution in [3.63, 3.8) is 0 Å². The summed E-state index contributed by atoms with van der Waals surface area (Å²) in [5, 5.41) is 4.16. The standard InChI is InChI=1S/C10H15BrClNS/c1-2-13-6-4-3-5-8-7-9(12)10(11)14-8/h7,13H,2-6H2,1H3. The molecule has 0 aromatic carbocycles. The zero-order valence-electron chi connectivity index (χ0n) is 8.28. The molecule has 0 aliphatic heterocycles. The van der Waals surface area contributed by atoms with E-state index in [1.807, 2.05) is 0 Å². The van der Waals surface area contributed by atoms with Crippen molar-refractivity contribution in [2.75, 3.05) is 13.1 Å². The third kappa shape index (κ3) is 4.30. The Morgan fingerprint density at radius 3 is 2.86 bits per heavy atom. The Hall–Kier alpha value is 0.430. The predicted molar refractivity (Wildman–Crippen MR) is 68.5 cm³/mol. The number of nitrogens with one attached hydrogen (secondary N) is 1. The number of rotatable bonds is 6. The van der Waals surface area contributed by atoms with Crippen molar-refractivity contribution in [1.82, 2.24) is 5.32 Å². The average Bonchev–Trinajstić information content (AvgIpc) is 2.46. The number of halogens is 2. The Balaban J connectivity index is 2.18. The monoisotopic (exact) mass is 295 g/mol. The molecule has 0 aliphatic rings. The van der Waals surface area contributed by atoms with Crippen LogP contribution in [-0.4, -0.2) is 13.1 Å². The van der Waals surface area contributed by atoms with Gasteiger partial charge in [0.15, 0.2) is 0 Å². The van der Waals surface area contributed by atoms with Crippen molar-refractivity contribution >= 4 is 38.9 Å². The molecule has 0 unspecified atom stereocenters. The van der Waals surface area contributed by atoms with Crippen molar-refractivity contribution in [3.05, 3.63) is 19.8 Å². The van der Waals surface area contributed by atoms with Gasteiger partial charge in [0.25, 0.3) is 0 Å². The quantitative estimate of drug-likeness (QED) is 0.780. The predicted octanol–water partition coefficient (Wildman–Crippen LogP) is 4.10. The molecule has 0 saturated carbocycles. The number of unbranched alkanes of at least 4 members (excludes halogenated alkanes) is 1. The summed E-state index contributed by atoms with van der Waals surface area (Å²) < 4.78 is 1.06. The van der Waals surface area contributed by atoms with E-state index < -0.39 is 0 Å². The normalized spacial score (nSPS) is 10.8. The molecule has 1 N–H and O–H groups in total. The minimum atomic E-state index is 0.844. The Morgan fingerprint density at radius 2 is 2.29 bits per heavy atom. The van der Waals surface area contributed by atoms with Gasteiger partial charge in [-0.15, -0.1) is 11.3 Å². The van der Waals surface area contributed by atoms with E-state index in [0.717, 1.165) is 28.3 Å². The van der Waals surface area contributed by atoms with E-state index in [0.29, 0.717) is 0 Å². The molecule has 1 rings (SSSR count). The number of hydrogen-bond acceptors (Lipinski definition) is 2. The summed E-state index contributed by atoms with van der Waals surface area (Å²) in [6.45, 7) is 4.32. The highest BCUT2D eigenvalue weighted by Crippen LogP contribution is 2.32. The molecule has 0 saturated heterocycles. The summed E-state index contributed by atoms with van der Waals surface area (Å²) in [5.41, 5.74) is 0. The Kier molecular flexibility index (Phi) is 6.10. The van der Waals surface area contributed by atoms with Crippen LogP contribution in [0.2, 0.25) is 5.02 Å². The maximum atomic E-state index is 5.94. The van der Waals surface area contributed by atoms with Crippen LogP contribution in [0.5, 0.6) is 0 Å². The molecular formula is C10H15BrClNS. The van der Waals surface area contributed by atoms with Crippen LogP contribution in [0, 0.1) is 0 Å². The summed E-state index contributed by atoms with van der Waals surface area (Å²) in [6, 6.07) is 2.06. The van der Waals surface area contributed by atoms with Crippen LogP contribution in [0.3, 0.4) is 0 Å². The molecule has 4 heteroatoms. The molecule has 14 heavy (non-hydrogen) atoms. The van der Waals surface area contributed by atoms with E-state index in [-0.39, 0.29) is 0 Å². The fourth-order valence-corrected chi connectivity index (χ4v) is 3.10. The Bertz CT molecular complexity index is 256. The van der Waals surface area contributed by atoms with Crippen LogP contribution >= 0.6 is 38.9 Å². The van der Waals surface area contributed by atoms with Gasteiger partial charge in [0, 0.05) is 4.88 Å². The Morgan fingerprint density at radius 1 is 1.50 bits per heavy atom.